The van der Waals surface area contributed by atoms with Gasteiger partial charge in [-0.1, -0.05) is 13.8 Å². The van der Waals surface area contributed by atoms with Crippen LogP contribution >= 0.6 is 12.6 Å². The predicted octanol–water partition coefficient (Wildman–Crippen LogP) is -2.04. The van der Waals surface area contributed by atoms with Gasteiger partial charge in [0.1, 0.15) is 18.1 Å². The fourth-order valence-electron chi connectivity index (χ4n) is 2.71. The number of carbonyl (C=O) groups is 6. The van der Waals surface area contributed by atoms with Gasteiger partial charge in [0, 0.05) is 18.6 Å². The fraction of sp³-hybridized carbons (Fsp3) is 0.684. The maximum absolute atomic E-state index is 12.6. The van der Waals surface area contributed by atoms with Crippen molar-refractivity contribution in [1.82, 2.24) is 16.0 Å². The Balaban J connectivity index is 5.34. The zero-order chi connectivity index (χ0) is 25.7. The highest BCUT2D eigenvalue weighted by Crippen LogP contribution is 2.05. The van der Waals surface area contributed by atoms with Crippen molar-refractivity contribution in [2.45, 2.75) is 70.1 Å². The molecular formula is C19H33N5O8S. The van der Waals surface area contributed by atoms with Crippen molar-refractivity contribution in [2.24, 2.45) is 17.4 Å². The Morgan fingerprint density at radius 1 is 0.818 bits per heavy atom. The number of hydrogen-bond acceptors (Lipinski definition) is 8. The summed E-state index contributed by atoms with van der Waals surface area (Å²) in [6.45, 7) is 3.75. The van der Waals surface area contributed by atoms with E-state index in [0.29, 0.717) is 6.42 Å². The highest BCUT2D eigenvalue weighted by Gasteiger charge is 2.30. The highest BCUT2D eigenvalue weighted by molar-refractivity contribution is 7.80. The van der Waals surface area contributed by atoms with Crippen LogP contribution in [-0.4, -0.2) is 75.7 Å². The normalized spacial score (nSPS) is 14.5. The summed E-state index contributed by atoms with van der Waals surface area (Å²) in [6.07, 6.45) is -1.08. The minimum atomic E-state index is -1.53. The molecular weight excluding hydrogens is 458 g/mol. The molecule has 0 saturated carbocycles. The third kappa shape index (κ3) is 12.7. The lowest BCUT2D eigenvalue weighted by Crippen LogP contribution is -2.57. The van der Waals surface area contributed by atoms with Crippen molar-refractivity contribution in [3.05, 3.63) is 0 Å². The van der Waals surface area contributed by atoms with Crippen LogP contribution in [0.2, 0.25) is 0 Å². The Hall–Kier alpha value is -2.87. The summed E-state index contributed by atoms with van der Waals surface area (Å²) in [7, 11) is 0. The molecule has 0 aromatic carbocycles. The molecule has 0 aromatic heterocycles. The molecule has 0 aromatic rings. The van der Waals surface area contributed by atoms with E-state index >= 15 is 0 Å². The van der Waals surface area contributed by atoms with Crippen LogP contribution in [0.25, 0.3) is 0 Å². The Labute approximate surface area is 196 Å². The highest BCUT2D eigenvalue weighted by atomic mass is 32.1. The molecule has 4 atom stereocenters. The first-order valence-electron chi connectivity index (χ1n) is 10.3. The molecule has 0 aliphatic carbocycles. The lowest BCUT2D eigenvalue weighted by atomic mass is 10.0. The standard InChI is InChI=1S/C19H33N5O8S/c1-9(2)7-10(20)16(28)24-13(8-33)18(30)22-11(3-5-14(21)25)17(29)23-12(19(31)32)4-6-15(26)27/h9-13,33H,3-8,20H2,1-2H3,(H2,21,25)(H,22,30)(H,23,29)(H,24,28)(H,26,27)(H,31,32). The Kier molecular flexibility index (Phi) is 13.7. The van der Waals surface area contributed by atoms with Crippen molar-refractivity contribution < 1.29 is 39.0 Å². The van der Waals surface area contributed by atoms with Crippen molar-refractivity contribution in [3.63, 3.8) is 0 Å². The van der Waals surface area contributed by atoms with E-state index in [4.69, 9.17) is 16.6 Å². The average Bonchev–Trinajstić information content (AvgIpc) is 2.70. The van der Waals surface area contributed by atoms with Gasteiger partial charge >= 0.3 is 11.9 Å². The number of primary amides is 1. The molecule has 0 fully saturated rings. The van der Waals surface area contributed by atoms with E-state index in [9.17, 15) is 33.9 Å². The first kappa shape index (κ1) is 30.1. The summed E-state index contributed by atoms with van der Waals surface area (Å²) in [5.41, 5.74) is 10.9. The average molecular weight is 492 g/mol. The largest absolute Gasteiger partial charge is 0.481 e. The Morgan fingerprint density at radius 2 is 1.30 bits per heavy atom. The molecule has 0 saturated heterocycles. The van der Waals surface area contributed by atoms with Crippen molar-refractivity contribution in [3.8, 4) is 0 Å². The summed E-state index contributed by atoms with van der Waals surface area (Å²) in [5.74, 6) is -5.83. The molecule has 0 aliphatic rings. The second kappa shape index (κ2) is 15.1. The van der Waals surface area contributed by atoms with Gasteiger partial charge in [-0.25, -0.2) is 4.79 Å². The van der Waals surface area contributed by atoms with Gasteiger partial charge in [0.2, 0.25) is 23.6 Å². The molecule has 9 N–H and O–H groups in total. The molecule has 0 heterocycles. The molecule has 0 spiro atoms. The number of hydrogen-bond donors (Lipinski definition) is 8. The quantitative estimate of drug-likeness (QED) is 0.111. The second-order valence-electron chi connectivity index (χ2n) is 7.88. The molecule has 4 unspecified atom stereocenters. The summed E-state index contributed by atoms with van der Waals surface area (Å²) >= 11 is 4.03. The van der Waals surface area contributed by atoms with Gasteiger partial charge < -0.3 is 37.6 Å². The van der Waals surface area contributed by atoms with Gasteiger partial charge in [0.15, 0.2) is 0 Å². The molecule has 4 amide bonds. The first-order chi connectivity index (χ1) is 15.3. The SMILES string of the molecule is CC(C)CC(N)C(=O)NC(CS)C(=O)NC(CCC(N)=O)C(=O)NC(CCC(=O)O)C(=O)O. The van der Waals surface area contributed by atoms with Crippen LogP contribution in [0, 0.1) is 5.92 Å². The summed E-state index contributed by atoms with van der Waals surface area (Å²) in [4.78, 5) is 70.7. The number of amides is 4. The fourth-order valence-corrected chi connectivity index (χ4v) is 2.97. The van der Waals surface area contributed by atoms with E-state index < -0.39 is 72.6 Å². The maximum atomic E-state index is 12.6. The summed E-state index contributed by atoms with van der Waals surface area (Å²) in [6, 6.07) is -4.93. The maximum Gasteiger partial charge on any atom is 0.326 e. The van der Waals surface area contributed by atoms with Gasteiger partial charge in [-0.15, -0.1) is 0 Å². The zero-order valence-electron chi connectivity index (χ0n) is 18.6. The topological polar surface area (TPSA) is 231 Å². The van der Waals surface area contributed by atoms with E-state index in [1.807, 2.05) is 13.8 Å². The molecule has 14 heteroatoms. The number of nitrogens with two attached hydrogens (primary N) is 2. The number of rotatable bonds is 16. The monoisotopic (exact) mass is 491 g/mol. The van der Waals surface area contributed by atoms with E-state index in [2.05, 4.69) is 28.6 Å². The first-order valence-corrected chi connectivity index (χ1v) is 10.9. The van der Waals surface area contributed by atoms with Crippen molar-refractivity contribution in [1.29, 1.82) is 0 Å². The second-order valence-corrected chi connectivity index (χ2v) is 8.24. The minimum absolute atomic E-state index is 0.132. The van der Waals surface area contributed by atoms with Crippen LogP contribution in [0.15, 0.2) is 0 Å². The van der Waals surface area contributed by atoms with Crippen LogP contribution in [0.3, 0.4) is 0 Å². The predicted molar refractivity (Wildman–Crippen MR) is 120 cm³/mol. The van der Waals surface area contributed by atoms with Gasteiger partial charge in [-0.05, 0) is 25.2 Å². The molecule has 188 valence electrons. The van der Waals surface area contributed by atoms with Crippen LogP contribution < -0.4 is 27.4 Å². The summed E-state index contributed by atoms with van der Waals surface area (Å²) < 4.78 is 0. The summed E-state index contributed by atoms with van der Waals surface area (Å²) in [5, 5.41) is 24.9. The van der Waals surface area contributed by atoms with Gasteiger partial charge in [-0.3, -0.25) is 24.0 Å². The Morgan fingerprint density at radius 3 is 1.76 bits per heavy atom. The molecule has 33 heavy (non-hydrogen) atoms. The molecule has 0 aliphatic heterocycles. The third-order valence-electron chi connectivity index (χ3n) is 4.45. The zero-order valence-corrected chi connectivity index (χ0v) is 19.5. The third-order valence-corrected chi connectivity index (χ3v) is 4.82. The lowest BCUT2D eigenvalue weighted by molar-refractivity contribution is -0.143. The number of aliphatic carboxylic acids is 2. The number of carbonyl (C=O) groups excluding carboxylic acids is 4. The van der Waals surface area contributed by atoms with E-state index in [1.165, 1.54) is 0 Å². The van der Waals surface area contributed by atoms with Crippen molar-refractivity contribution in [2.75, 3.05) is 5.75 Å². The van der Waals surface area contributed by atoms with E-state index in [1.54, 1.807) is 0 Å². The van der Waals surface area contributed by atoms with Crippen LogP contribution in [0.5, 0.6) is 0 Å². The van der Waals surface area contributed by atoms with Crippen LogP contribution in [0.4, 0.5) is 0 Å². The Bertz CT molecular complexity index is 733. The van der Waals surface area contributed by atoms with Crippen molar-refractivity contribution >= 4 is 48.2 Å². The number of carboxylic acid groups (broad SMARTS) is 2. The van der Waals surface area contributed by atoms with Gasteiger partial charge in [-0.2, -0.15) is 12.6 Å². The molecule has 0 rings (SSSR count). The number of thiol groups is 1. The number of carboxylic acids is 2. The molecule has 0 bridgehead atoms. The van der Waals surface area contributed by atoms with Gasteiger partial charge in [0.05, 0.1) is 6.04 Å². The minimum Gasteiger partial charge on any atom is -0.481 e. The van der Waals surface area contributed by atoms with Crippen LogP contribution in [0.1, 0.15) is 46.0 Å². The van der Waals surface area contributed by atoms with E-state index in [0.717, 1.165) is 0 Å². The lowest BCUT2D eigenvalue weighted by Gasteiger charge is -2.24. The van der Waals surface area contributed by atoms with E-state index in [-0.39, 0.29) is 24.5 Å². The van der Waals surface area contributed by atoms with Crippen LogP contribution in [-0.2, 0) is 28.8 Å². The molecule has 0 radical (unpaired) electrons. The van der Waals surface area contributed by atoms with Gasteiger partial charge in [0.25, 0.3) is 0 Å². The molecule has 13 nitrogen and oxygen atoms in total. The smallest absolute Gasteiger partial charge is 0.326 e. The number of nitrogens with one attached hydrogen (secondary N) is 3.